The van der Waals surface area contributed by atoms with Crippen LogP contribution in [0.15, 0.2) is 0 Å². The van der Waals surface area contributed by atoms with Gasteiger partial charge in [0.2, 0.25) is 17.7 Å². The lowest BCUT2D eigenvalue weighted by molar-refractivity contribution is -0.127. The predicted octanol–water partition coefficient (Wildman–Crippen LogP) is -1.56. The highest BCUT2D eigenvalue weighted by Crippen LogP contribution is 1.86. The van der Waals surface area contributed by atoms with Gasteiger partial charge in [0.1, 0.15) is 19.8 Å². The maximum absolute atomic E-state index is 11.7. The lowest BCUT2D eigenvalue weighted by atomic mass is 10.3. The lowest BCUT2D eigenvalue weighted by Gasteiger charge is -2.09. The van der Waals surface area contributed by atoms with Gasteiger partial charge in [0.15, 0.2) is 5.78 Å². The van der Waals surface area contributed by atoms with E-state index in [9.17, 15) is 19.2 Å². The van der Waals surface area contributed by atoms with Crippen molar-refractivity contribution in [3.63, 3.8) is 0 Å². The Labute approximate surface area is 218 Å². The van der Waals surface area contributed by atoms with Crippen LogP contribution in [0.1, 0.15) is 19.8 Å². The van der Waals surface area contributed by atoms with Gasteiger partial charge in [-0.1, -0.05) is 0 Å². The Morgan fingerprint density at radius 2 is 0.946 bits per heavy atom. The largest absolute Gasteiger partial charge is 0.377 e. The van der Waals surface area contributed by atoms with E-state index in [1.165, 1.54) is 6.92 Å². The first-order valence-electron chi connectivity index (χ1n) is 12.1. The van der Waals surface area contributed by atoms with Gasteiger partial charge < -0.3 is 44.4 Å². The maximum atomic E-state index is 11.7. The van der Waals surface area contributed by atoms with Crippen molar-refractivity contribution in [1.29, 1.82) is 0 Å². The summed E-state index contributed by atoms with van der Waals surface area (Å²) in [4.78, 5) is 45.3. The summed E-state index contributed by atoms with van der Waals surface area (Å²) in [6.07, 6.45) is 5.79. The van der Waals surface area contributed by atoms with Crippen LogP contribution in [0.4, 0.5) is 0 Å². The zero-order valence-corrected chi connectivity index (χ0v) is 21.7. The first kappa shape index (κ1) is 34.4. The van der Waals surface area contributed by atoms with Crippen molar-refractivity contribution < 1.29 is 47.6 Å². The van der Waals surface area contributed by atoms with Gasteiger partial charge in [0.25, 0.3) is 0 Å². The first-order valence-corrected chi connectivity index (χ1v) is 12.1. The topological polar surface area (TPSA) is 160 Å². The molecule has 0 fully saturated rings. The first-order chi connectivity index (χ1) is 18.0. The van der Waals surface area contributed by atoms with Crippen molar-refractivity contribution in [2.45, 2.75) is 19.8 Å². The number of carbonyl (C=O) groups is 4. The smallest absolute Gasteiger partial charge is 0.246 e. The molecule has 0 aliphatic heterocycles. The van der Waals surface area contributed by atoms with Crippen LogP contribution in [0.25, 0.3) is 0 Å². The molecular formula is C24H41N3O10. The van der Waals surface area contributed by atoms with Crippen LogP contribution in [0.3, 0.4) is 0 Å². The van der Waals surface area contributed by atoms with Gasteiger partial charge in [-0.25, -0.2) is 0 Å². The van der Waals surface area contributed by atoms with Gasteiger partial charge in [-0.3, -0.25) is 19.2 Å². The SMILES string of the molecule is C#CCCC(=O)NCCOCCOCC(=O)NCCOCCOCC(=O)NCCOCCOCC(C)=O. The molecule has 37 heavy (non-hydrogen) atoms. The third kappa shape index (κ3) is 27.8. The summed E-state index contributed by atoms with van der Waals surface area (Å²) in [7, 11) is 0. The molecule has 0 aromatic carbocycles. The molecule has 0 bridgehead atoms. The molecule has 3 N–H and O–H groups in total. The number of amides is 3. The average molecular weight is 532 g/mol. The van der Waals surface area contributed by atoms with Crippen molar-refractivity contribution in [3.8, 4) is 12.3 Å². The van der Waals surface area contributed by atoms with Crippen LogP contribution in [0, 0.1) is 12.3 Å². The number of carbonyl (C=O) groups excluding carboxylic acids is 4. The van der Waals surface area contributed by atoms with E-state index >= 15 is 0 Å². The van der Waals surface area contributed by atoms with E-state index in [2.05, 4.69) is 21.9 Å². The van der Waals surface area contributed by atoms with Crippen molar-refractivity contribution in [1.82, 2.24) is 16.0 Å². The molecule has 0 saturated carbocycles. The van der Waals surface area contributed by atoms with E-state index in [4.69, 9.17) is 34.8 Å². The van der Waals surface area contributed by atoms with Crippen LogP contribution in [0.2, 0.25) is 0 Å². The Kier molecular flexibility index (Phi) is 24.6. The molecule has 13 heteroatoms. The molecule has 0 heterocycles. The van der Waals surface area contributed by atoms with E-state index in [0.29, 0.717) is 72.1 Å². The molecule has 0 rings (SSSR count). The Balaban J connectivity index is 3.32. The number of hydrogen-bond donors (Lipinski definition) is 3. The van der Waals surface area contributed by atoms with Crippen LogP contribution in [-0.2, 0) is 47.6 Å². The number of ketones is 1. The van der Waals surface area contributed by atoms with Gasteiger partial charge >= 0.3 is 0 Å². The lowest BCUT2D eigenvalue weighted by Crippen LogP contribution is -2.32. The maximum Gasteiger partial charge on any atom is 0.246 e. The minimum atomic E-state index is -0.273. The van der Waals surface area contributed by atoms with Crippen LogP contribution in [-0.4, -0.2) is 122 Å². The third-order valence-corrected chi connectivity index (χ3v) is 4.09. The highest BCUT2D eigenvalue weighted by molar-refractivity contribution is 5.77. The molecule has 0 aliphatic rings. The van der Waals surface area contributed by atoms with Crippen molar-refractivity contribution in [2.24, 2.45) is 0 Å². The fraction of sp³-hybridized carbons (Fsp3) is 0.750. The summed E-state index contributed by atoms with van der Waals surface area (Å²) in [5.74, 6) is 1.70. The number of rotatable bonds is 26. The molecule has 0 aromatic heterocycles. The van der Waals surface area contributed by atoms with E-state index in [1.807, 2.05) is 0 Å². The van der Waals surface area contributed by atoms with Crippen LogP contribution >= 0.6 is 0 Å². The second kappa shape index (κ2) is 26.5. The molecule has 0 radical (unpaired) electrons. The van der Waals surface area contributed by atoms with E-state index in [0.717, 1.165) is 0 Å². The molecule has 212 valence electrons. The Morgan fingerprint density at radius 3 is 1.35 bits per heavy atom. The molecule has 3 amide bonds. The highest BCUT2D eigenvalue weighted by Gasteiger charge is 2.03. The quantitative estimate of drug-likeness (QED) is 0.0880. The van der Waals surface area contributed by atoms with E-state index < -0.39 is 0 Å². The molecule has 0 unspecified atom stereocenters. The van der Waals surface area contributed by atoms with Gasteiger partial charge in [-0.05, 0) is 6.92 Å². The minimum absolute atomic E-state index is 0.0426. The fourth-order valence-corrected chi connectivity index (χ4v) is 2.37. The van der Waals surface area contributed by atoms with Crippen LogP contribution in [0.5, 0.6) is 0 Å². The summed E-state index contributed by atoms with van der Waals surface area (Å²) in [5, 5.41) is 7.98. The summed E-state index contributed by atoms with van der Waals surface area (Å²) in [6, 6.07) is 0. The van der Waals surface area contributed by atoms with E-state index in [1.54, 1.807) is 0 Å². The molecule has 0 atom stereocenters. The second-order valence-electron chi connectivity index (χ2n) is 7.45. The molecule has 0 saturated heterocycles. The van der Waals surface area contributed by atoms with Gasteiger partial charge in [0, 0.05) is 32.5 Å². The van der Waals surface area contributed by atoms with Crippen LogP contribution < -0.4 is 16.0 Å². The highest BCUT2D eigenvalue weighted by atomic mass is 16.5. The second-order valence-corrected chi connectivity index (χ2v) is 7.45. The minimum Gasteiger partial charge on any atom is -0.377 e. The molecule has 0 spiro atoms. The Bertz CT molecular complexity index is 670. The zero-order valence-electron chi connectivity index (χ0n) is 21.7. The number of hydrogen-bond acceptors (Lipinski definition) is 10. The summed E-state index contributed by atoms with van der Waals surface area (Å²) in [6.45, 7) is 5.10. The summed E-state index contributed by atoms with van der Waals surface area (Å²) < 4.78 is 31.3. The number of Topliss-reactive ketones (excluding diaryl/α,β-unsaturated/α-hetero) is 1. The Hall–Kier alpha value is -2.60. The van der Waals surface area contributed by atoms with Crippen molar-refractivity contribution >= 4 is 23.5 Å². The molecule has 13 nitrogen and oxygen atoms in total. The van der Waals surface area contributed by atoms with E-state index in [-0.39, 0.29) is 63.1 Å². The third-order valence-electron chi connectivity index (χ3n) is 4.09. The van der Waals surface area contributed by atoms with Gasteiger partial charge in [-0.15, -0.1) is 12.3 Å². The molecule has 0 aliphatic carbocycles. The van der Waals surface area contributed by atoms with Crippen molar-refractivity contribution in [3.05, 3.63) is 0 Å². The normalized spacial score (nSPS) is 10.5. The standard InChI is InChI=1S/C24H41N3O10/c1-3-4-5-22(29)25-6-9-32-13-16-36-19-24(31)27-8-11-34-14-17-37-20-23(30)26-7-10-33-12-15-35-18-21(2)28/h1H,4-20H2,2H3,(H,25,29)(H,26,30)(H,27,31). The number of ether oxygens (including phenoxy) is 6. The number of nitrogens with one attached hydrogen (secondary N) is 3. The summed E-state index contributed by atoms with van der Waals surface area (Å²) >= 11 is 0. The fourth-order valence-electron chi connectivity index (χ4n) is 2.37. The summed E-state index contributed by atoms with van der Waals surface area (Å²) in [5.41, 5.74) is 0. The molecule has 0 aromatic rings. The number of terminal acetylenes is 1. The average Bonchev–Trinajstić information content (AvgIpc) is 2.87. The van der Waals surface area contributed by atoms with Gasteiger partial charge in [0.05, 0.1) is 59.5 Å². The van der Waals surface area contributed by atoms with Crippen molar-refractivity contribution in [2.75, 3.05) is 98.9 Å². The molecular weight excluding hydrogens is 490 g/mol. The van der Waals surface area contributed by atoms with Gasteiger partial charge in [-0.2, -0.15) is 0 Å². The Morgan fingerprint density at radius 1 is 0.568 bits per heavy atom. The zero-order chi connectivity index (χ0) is 27.4. The predicted molar refractivity (Wildman–Crippen MR) is 133 cm³/mol. The monoisotopic (exact) mass is 531 g/mol.